The van der Waals surface area contributed by atoms with Crippen LogP contribution >= 0.6 is 24.0 Å². The summed E-state index contributed by atoms with van der Waals surface area (Å²) in [6, 6.07) is 11.9. The molecule has 4 amide bonds. The number of hydrogen-bond acceptors (Lipinski definition) is 6. The fourth-order valence-electron chi connectivity index (χ4n) is 5.01. The number of hydrogen-bond donors (Lipinski definition) is 6. The van der Waals surface area contributed by atoms with E-state index >= 15 is 0 Å². The summed E-state index contributed by atoms with van der Waals surface area (Å²) < 4.78 is 4.75. The van der Waals surface area contributed by atoms with Crippen LogP contribution in [0.15, 0.2) is 66.0 Å². The second-order valence-corrected chi connectivity index (χ2v) is 11.3. The van der Waals surface area contributed by atoms with Crippen molar-refractivity contribution in [3.8, 4) is 0 Å². The standard InChI is InChI=1S/C32H40ClN11O4.ClH/c1-5-44(13-10-33)24-8-6-20(7-9-24)28(45)38-21-15-26(42(3)17-21)30(47)40-23-16-27(43(4)19-23)31(48)39-22-14-25(41(2)18-22)29(46)36-11-12-37-32(34)35;/h6-9,14-19H,5,10-13H2,1-4H3,(H,36,46)(H,38,45)(H,39,48)(H,40,47)(H4,34,35,37);1H. The number of nitrogens with zero attached hydrogens (tertiary/aromatic N) is 5. The molecule has 262 valence electrons. The van der Waals surface area contributed by atoms with Gasteiger partial charge in [0.05, 0.1) is 23.6 Å². The Hall–Kier alpha value is -5.41. The molecule has 0 atom stereocenters. The maximum atomic E-state index is 13.2. The number of nitrogens with two attached hydrogens (primary N) is 2. The van der Waals surface area contributed by atoms with Crippen LogP contribution in [0.3, 0.4) is 0 Å². The van der Waals surface area contributed by atoms with E-state index in [0.29, 0.717) is 46.4 Å². The Morgan fingerprint density at radius 3 is 1.63 bits per heavy atom. The minimum atomic E-state index is -0.443. The number of benzene rings is 1. The quantitative estimate of drug-likeness (QED) is 0.0499. The molecule has 0 spiro atoms. The van der Waals surface area contributed by atoms with Gasteiger partial charge in [0.25, 0.3) is 23.6 Å². The molecule has 0 fully saturated rings. The summed E-state index contributed by atoms with van der Waals surface area (Å²) in [5, 5.41) is 11.1. The number of carbonyl (C=O) groups excluding carboxylic acids is 4. The third-order valence-electron chi connectivity index (χ3n) is 7.41. The second-order valence-electron chi connectivity index (χ2n) is 10.9. The number of aliphatic imine (C=N–C) groups is 1. The fourth-order valence-corrected chi connectivity index (χ4v) is 5.21. The number of guanidine groups is 1. The molecular weight excluding hydrogens is 673 g/mol. The van der Waals surface area contributed by atoms with Crippen molar-refractivity contribution >= 4 is 76.3 Å². The van der Waals surface area contributed by atoms with Crippen molar-refractivity contribution in [2.24, 2.45) is 37.6 Å². The van der Waals surface area contributed by atoms with E-state index in [2.05, 4.69) is 31.2 Å². The van der Waals surface area contributed by atoms with Crippen LogP contribution in [-0.4, -0.2) is 75.3 Å². The minimum absolute atomic E-state index is 0. The molecule has 0 aliphatic carbocycles. The number of amides is 4. The zero-order valence-electron chi connectivity index (χ0n) is 27.6. The Morgan fingerprint density at radius 1 is 0.755 bits per heavy atom. The largest absolute Gasteiger partial charge is 0.371 e. The summed E-state index contributed by atoms with van der Waals surface area (Å²) in [6.45, 7) is 4.02. The SMILES string of the molecule is CCN(CCCl)c1ccc(C(=O)Nc2cc(C(=O)Nc3cc(C(=O)Nc4cc(C(=O)NCCN=C(N)N)n(C)c4)n(C)c3)n(C)c2)cc1.Cl. The number of rotatable bonds is 14. The lowest BCUT2D eigenvalue weighted by Crippen LogP contribution is -2.29. The maximum Gasteiger partial charge on any atom is 0.272 e. The molecule has 0 aliphatic rings. The third-order valence-corrected chi connectivity index (χ3v) is 7.58. The van der Waals surface area contributed by atoms with E-state index in [-0.39, 0.29) is 49.0 Å². The smallest absolute Gasteiger partial charge is 0.272 e. The molecule has 8 N–H and O–H groups in total. The first kappa shape index (κ1) is 38.0. The Bertz CT molecular complexity index is 1820. The number of aryl methyl sites for hydroxylation is 3. The van der Waals surface area contributed by atoms with Crippen LogP contribution in [0.25, 0.3) is 0 Å². The number of alkyl halides is 1. The molecule has 15 nitrogen and oxygen atoms in total. The molecule has 4 rings (SSSR count). The van der Waals surface area contributed by atoms with Crippen LogP contribution in [0.4, 0.5) is 22.7 Å². The van der Waals surface area contributed by atoms with Gasteiger partial charge < -0.3 is 51.3 Å². The predicted molar refractivity (Wildman–Crippen MR) is 195 cm³/mol. The average Bonchev–Trinajstić information content (AvgIpc) is 3.72. The molecule has 0 aliphatic heterocycles. The normalized spacial score (nSPS) is 10.5. The zero-order valence-corrected chi connectivity index (χ0v) is 29.2. The Balaban J connectivity index is 0.00000650. The molecule has 0 saturated carbocycles. The summed E-state index contributed by atoms with van der Waals surface area (Å²) in [5.41, 5.74) is 14.2. The molecule has 0 bridgehead atoms. The van der Waals surface area contributed by atoms with Gasteiger partial charge in [0, 0.05) is 76.5 Å². The van der Waals surface area contributed by atoms with Gasteiger partial charge in [0.15, 0.2) is 5.96 Å². The fraction of sp³-hybridized carbons (Fsp3) is 0.281. The van der Waals surface area contributed by atoms with E-state index in [9.17, 15) is 19.2 Å². The topological polar surface area (TPSA) is 199 Å². The van der Waals surface area contributed by atoms with Gasteiger partial charge >= 0.3 is 0 Å². The average molecular weight is 715 g/mol. The van der Waals surface area contributed by atoms with Crippen molar-refractivity contribution in [2.45, 2.75) is 6.92 Å². The van der Waals surface area contributed by atoms with Gasteiger partial charge in [-0.05, 0) is 49.4 Å². The van der Waals surface area contributed by atoms with Crippen molar-refractivity contribution in [3.05, 3.63) is 83.7 Å². The molecule has 0 saturated heterocycles. The number of nitrogens with one attached hydrogen (secondary N) is 4. The van der Waals surface area contributed by atoms with E-state index in [1.54, 1.807) is 77.7 Å². The van der Waals surface area contributed by atoms with Crippen LogP contribution in [0.1, 0.15) is 48.7 Å². The van der Waals surface area contributed by atoms with Gasteiger partial charge in [-0.3, -0.25) is 24.2 Å². The molecule has 3 aromatic heterocycles. The van der Waals surface area contributed by atoms with Crippen LogP contribution in [0, 0.1) is 0 Å². The van der Waals surface area contributed by atoms with Crippen LogP contribution in [0.2, 0.25) is 0 Å². The van der Waals surface area contributed by atoms with Crippen molar-refractivity contribution in [1.82, 2.24) is 19.0 Å². The molecular formula is C32H41Cl2N11O4. The van der Waals surface area contributed by atoms with Gasteiger partial charge in [-0.2, -0.15) is 0 Å². The number of anilines is 4. The van der Waals surface area contributed by atoms with Gasteiger partial charge in [-0.1, -0.05) is 0 Å². The van der Waals surface area contributed by atoms with Gasteiger partial charge in [0.2, 0.25) is 0 Å². The highest BCUT2D eigenvalue weighted by atomic mass is 35.5. The van der Waals surface area contributed by atoms with Crippen molar-refractivity contribution in [1.29, 1.82) is 0 Å². The first-order valence-corrected chi connectivity index (χ1v) is 15.6. The van der Waals surface area contributed by atoms with E-state index in [0.717, 1.165) is 12.2 Å². The van der Waals surface area contributed by atoms with Gasteiger partial charge in [-0.25, -0.2) is 0 Å². The molecule has 0 radical (unpaired) electrons. The van der Waals surface area contributed by atoms with Crippen molar-refractivity contribution < 1.29 is 19.2 Å². The minimum Gasteiger partial charge on any atom is -0.371 e. The summed E-state index contributed by atoms with van der Waals surface area (Å²) >= 11 is 5.89. The van der Waals surface area contributed by atoms with Crippen LogP contribution < -0.4 is 37.6 Å². The van der Waals surface area contributed by atoms with E-state index < -0.39 is 11.8 Å². The van der Waals surface area contributed by atoms with Crippen LogP contribution in [0.5, 0.6) is 0 Å². The molecule has 3 heterocycles. The molecule has 49 heavy (non-hydrogen) atoms. The number of halogens is 2. The summed E-state index contributed by atoms with van der Waals surface area (Å²) in [7, 11) is 5.04. The first-order valence-electron chi connectivity index (χ1n) is 15.1. The first-order chi connectivity index (χ1) is 22.9. The zero-order chi connectivity index (χ0) is 35.0. The highest BCUT2D eigenvalue weighted by Gasteiger charge is 2.19. The van der Waals surface area contributed by atoms with Crippen molar-refractivity contribution in [2.75, 3.05) is 52.9 Å². The van der Waals surface area contributed by atoms with E-state index in [1.807, 2.05) is 19.1 Å². The lowest BCUT2D eigenvalue weighted by Gasteiger charge is -2.22. The molecule has 0 unspecified atom stereocenters. The molecule has 4 aromatic rings. The number of carbonyl (C=O) groups is 4. The van der Waals surface area contributed by atoms with Crippen LogP contribution in [-0.2, 0) is 21.1 Å². The Labute approximate surface area is 295 Å². The highest BCUT2D eigenvalue weighted by molar-refractivity contribution is 6.18. The molecule has 17 heteroatoms. The van der Waals surface area contributed by atoms with Gasteiger partial charge in [0.1, 0.15) is 17.1 Å². The number of aromatic nitrogens is 3. The predicted octanol–water partition coefficient (Wildman–Crippen LogP) is 2.95. The Morgan fingerprint density at radius 2 is 1.20 bits per heavy atom. The Kier molecular flexibility index (Phi) is 13.3. The molecule has 1 aromatic carbocycles. The summed E-state index contributed by atoms with van der Waals surface area (Å²) in [6.07, 6.45) is 4.86. The third kappa shape index (κ3) is 9.81. The monoisotopic (exact) mass is 713 g/mol. The van der Waals surface area contributed by atoms with Gasteiger partial charge in [-0.15, -0.1) is 24.0 Å². The summed E-state index contributed by atoms with van der Waals surface area (Å²) in [4.78, 5) is 57.6. The summed E-state index contributed by atoms with van der Waals surface area (Å²) in [5.74, 6) is -1.10. The lowest BCUT2D eigenvalue weighted by molar-refractivity contribution is 0.0944. The maximum absolute atomic E-state index is 13.2. The highest BCUT2D eigenvalue weighted by Crippen LogP contribution is 2.21. The lowest BCUT2D eigenvalue weighted by atomic mass is 10.1. The van der Waals surface area contributed by atoms with Crippen molar-refractivity contribution in [3.63, 3.8) is 0 Å². The van der Waals surface area contributed by atoms with E-state index in [1.165, 1.54) is 6.07 Å². The van der Waals surface area contributed by atoms with E-state index in [4.69, 9.17) is 23.1 Å². The second kappa shape index (κ2) is 17.1.